The molecule has 0 spiro atoms. The number of hydrogen-bond donors (Lipinski definition) is 1. The summed E-state index contributed by atoms with van der Waals surface area (Å²) in [6.45, 7) is 6.80. The van der Waals surface area contributed by atoms with Gasteiger partial charge in [-0.25, -0.2) is 19.3 Å². The number of rotatable bonds is 4. The minimum Gasteiger partial charge on any atom is -0.477 e. The van der Waals surface area contributed by atoms with E-state index in [9.17, 15) is 9.90 Å². The summed E-state index contributed by atoms with van der Waals surface area (Å²) in [5.41, 5.74) is 1.77. The molecule has 5 rings (SSSR count). The highest BCUT2D eigenvalue weighted by Crippen LogP contribution is 2.43. The molecule has 0 saturated heterocycles. The highest BCUT2D eigenvalue weighted by Gasteiger charge is 2.34. The number of aromatic nitrogens is 4. The third kappa shape index (κ3) is 4.23. The molecule has 3 aromatic heterocycles. The molecule has 4 aromatic rings. The van der Waals surface area contributed by atoms with Crippen LogP contribution < -0.4 is 9.64 Å². The Morgan fingerprint density at radius 2 is 1.94 bits per heavy atom. The first-order valence-corrected chi connectivity index (χ1v) is 12.3. The van der Waals surface area contributed by atoms with Crippen LogP contribution in [-0.2, 0) is 16.9 Å². The average Bonchev–Trinajstić information content (AvgIpc) is 3.10. The molecule has 186 valence electrons. The Morgan fingerprint density at radius 1 is 1.25 bits per heavy atom. The first-order valence-electron chi connectivity index (χ1n) is 11.1. The normalized spacial score (nSPS) is 15.8. The molecule has 4 heterocycles. The minimum atomic E-state index is -1.22. The van der Waals surface area contributed by atoms with Crippen LogP contribution in [0.4, 0.5) is 10.1 Å². The van der Waals surface area contributed by atoms with E-state index in [4.69, 9.17) is 16.3 Å². The quantitative estimate of drug-likeness (QED) is 0.360. The van der Waals surface area contributed by atoms with E-state index in [-0.39, 0.29) is 23.8 Å². The largest absolute Gasteiger partial charge is 0.477 e. The molecule has 0 saturated carbocycles. The van der Waals surface area contributed by atoms with Gasteiger partial charge >= 0.3 is 0 Å². The van der Waals surface area contributed by atoms with Gasteiger partial charge in [-0.2, -0.15) is 0 Å². The van der Waals surface area contributed by atoms with Crippen molar-refractivity contribution in [2.24, 2.45) is 0 Å². The molecule has 1 aromatic carbocycles. The number of anilines is 1. The predicted molar refractivity (Wildman–Crippen MR) is 137 cm³/mol. The van der Waals surface area contributed by atoms with Crippen molar-refractivity contribution in [2.75, 3.05) is 4.90 Å². The molecule has 0 unspecified atom stereocenters. The van der Waals surface area contributed by atoms with Crippen LogP contribution in [0.1, 0.15) is 38.0 Å². The average molecular weight is 575 g/mol. The van der Waals surface area contributed by atoms with Gasteiger partial charge in [0.1, 0.15) is 17.1 Å². The summed E-state index contributed by atoms with van der Waals surface area (Å²) in [4.78, 5) is 27.6. The van der Waals surface area contributed by atoms with Crippen molar-refractivity contribution in [1.29, 1.82) is 0 Å². The van der Waals surface area contributed by atoms with E-state index in [0.29, 0.717) is 43.5 Å². The number of ether oxygens (including phenoxy) is 1. The molecule has 0 bridgehead atoms. The van der Waals surface area contributed by atoms with Gasteiger partial charge in [0.2, 0.25) is 0 Å². The summed E-state index contributed by atoms with van der Waals surface area (Å²) in [6.07, 6.45) is 3.83. The first kappa shape index (κ1) is 24.6. The van der Waals surface area contributed by atoms with Gasteiger partial charge in [0.05, 0.1) is 28.6 Å². The van der Waals surface area contributed by atoms with E-state index in [1.165, 1.54) is 18.5 Å². The Hall–Kier alpha value is -3.08. The molecule has 1 aliphatic heterocycles. The molecule has 11 heteroatoms. The fourth-order valence-corrected chi connectivity index (χ4v) is 5.00. The van der Waals surface area contributed by atoms with E-state index in [2.05, 4.69) is 30.9 Å². The minimum absolute atomic E-state index is 0.165. The van der Waals surface area contributed by atoms with Crippen molar-refractivity contribution in [3.8, 4) is 16.9 Å². The lowest BCUT2D eigenvalue weighted by Crippen LogP contribution is -2.44. The lowest BCUT2D eigenvalue weighted by molar-refractivity contribution is -0.125. The zero-order valence-electron chi connectivity index (χ0n) is 19.9. The number of halogens is 3. The van der Waals surface area contributed by atoms with Gasteiger partial charge in [0, 0.05) is 40.3 Å². The number of amides is 1. The number of hydrogen-bond acceptors (Lipinski definition) is 6. The number of nitrogens with zero attached hydrogens (tertiary/aromatic N) is 5. The van der Waals surface area contributed by atoms with Crippen LogP contribution in [0.3, 0.4) is 0 Å². The molecular formula is C25H22BrClFN5O3. The van der Waals surface area contributed by atoms with Gasteiger partial charge < -0.3 is 14.2 Å². The van der Waals surface area contributed by atoms with Gasteiger partial charge in [-0.1, -0.05) is 27.5 Å². The van der Waals surface area contributed by atoms with Crippen LogP contribution in [0, 0.1) is 12.7 Å². The van der Waals surface area contributed by atoms with Gasteiger partial charge in [-0.05, 0) is 39.8 Å². The van der Waals surface area contributed by atoms with Gasteiger partial charge in [0.25, 0.3) is 5.91 Å². The molecule has 0 aliphatic carbocycles. The van der Waals surface area contributed by atoms with Crippen molar-refractivity contribution in [3.05, 3.63) is 69.3 Å². The van der Waals surface area contributed by atoms with Gasteiger partial charge in [-0.3, -0.25) is 9.69 Å². The number of imidazole rings is 1. The maximum absolute atomic E-state index is 15.1. The Kier molecular flexibility index (Phi) is 6.01. The Balaban J connectivity index is 1.60. The molecular weight excluding hydrogens is 553 g/mol. The second-order valence-corrected chi connectivity index (χ2v) is 10.5. The van der Waals surface area contributed by atoms with E-state index < -0.39 is 17.5 Å². The van der Waals surface area contributed by atoms with E-state index in [0.717, 1.165) is 0 Å². The highest BCUT2D eigenvalue weighted by molar-refractivity contribution is 9.10. The zero-order valence-corrected chi connectivity index (χ0v) is 22.2. The van der Waals surface area contributed by atoms with Crippen LogP contribution in [0.5, 0.6) is 5.75 Å². The monoisotopic (exact) mass is 573 g/mol. The van der Waals surface area contributed by atoms with Crippen molar-refractivity contribution in [1.82, 2.24) is 19.4 Å². The fraction of sp³-hybridized carbons (Fsp3) is 0.280. The number of carbonyl (C=O) groups is 1. The van der Waals surface area contributed by atoms with E-state index in [1.54, 1.807) is 48.4 Å². The van der Waals surface area contributed by atoms with Crippen LogP contribution in [0.2, 0.25) is 5.02 Å². The number of carbonyl (C=O) groups excluding carboxylic acids is 1. The SMILES string of the molecule is Cc1nc2cc(F)c(-c3cnc(C(C)(C)O)nc3)cn2c1CN1C(=O)[C@@H](C)Oc2c(Cl)cc(Br)cc21. The third-order valence-electron chi connectivity index (χ3n) is 6.01. The van der Waals surface area contributed by atoms with Crippen LogP contribution in [0.15, 0.2) is 41.3 Å². The third-order valence-corrected chi connectivity index (χ3v) is 6.75. The standard InChI is InChI=1S/C25H22BrClFN5O3/c1-12-20(11-33-19-6-15(26)5-17(27)22(19)36-13(2)23(33)34)32-10-16(18(28)7-21(32)31-12)14-8-29-24(30-9-14)25(3,4)35/h5-10,13,35H,11H2,1-4H3/t13-/m1/s1. The topological polar surface area (TPSA) is 92.9 Å². The van der Waals surface area contributed by atoms with E-state index >= 15 is 4.39 Å². The molecule has 1 aliphatic rings. The van der Waals surface area contributed by atoms with Crippen molar-refractivity contribution in [3.63, 3.8) is 0 Å². The summed E-state index contributed by atoms with van der Waals surface area (Å²) in [5, 5.41) is 10.5. The lowest BCUT2D eigenvalue weighted by Gasteiger charge is -2.33. The smallest absolute Gasteiger partial charge is 0.268 e. The summed E-state index contributed by atoms with van der Waals surface area (Å²) >= 11 is 9.83. The number of fused-ring (bicyclic) bond motifs is 2. The maximum atomic E-state index is 15.1. The molecule has 0 fully saturated rings. The number of pyridine rings is 1. The van der Waals surface area contributed by atoms with Crippen LogP contribution >= 0.6 is 27.5 Å². The highest BCUT2D eigenvalue weighted by atomic mass is 79.9. The Labute approximate surface area is 219 Å². The Morgan fingerprint density at radius 3 is 2.61 bits per heavy atom. The summed E-state index contributed by atoms with van der Waals surface area (Å²) < 4.78 is 23.3. The molecule has 1 N–H and O–H groups in total. The molecule has 1 atom stereocenters. The van der Waals surface area contributed by atoms with Gasteiger partial charge in [-0.15, -0.1) is 0 Å². The number of aliphatic hydroxyl groups is 1. The number of benzene rings is 1. The first-order chi connectivity index (χ1) is 16.9. The summed E-state index contributed by atoms with van der Waals surface area (Å²) in [6, 6.07) is 4.82. The molecule has 1 amide bonds. The van der Waals surface area contributed by atoms with Crippen molar-refractivity contribution < 1.29 is 19.0 Å². The second-order valence-electron chi connectivity index (χ2n) is 9.18. The Bertz CT molecular complexity index is 1520. The summed E-state index contributed by atoms with van der Waals surface area (Å²) in [7, 11) is 0. The van der Waals surface area contributed by atoms with E-state index in [1.807, 2.05) is 6.92 Å². The van der Waals surface area contributed by atoms with Crippen molar-refractivity contribution >= 4 is 44.8 Å². The maximum Gasteiger partial charge on any atom is 0.268 e. The molecule has 8 nitrogen and oxygen atoms in total. The second kappa shape index (κ2) is 8.79. The van der Waals surface area contributed by atoms with Crippen LogP contribution in [0.25, 0.3) is 16.8 Å². The summed E-state index contributed by atoms with van der Waals surface area (Å²) in [5.74, 6) is -0.0655. The van der Waals surface area contributed by atoms with Crippen molar-refractivity contribution in [2.45, 2.75) is 45.9 Å². The number of aryl methyl sites for hydroxylation is 1. The zero-order chi connectivity index (χ0) is 25.9. The predicted octanol–water partition coefficient (Wildman–Crippen LogP) is 5.20. The van der Waals surface area contributed by atoms with Gasteiger partial charge in [0.15, 0.2) is 17.7 Å². The molecule has 0 radical (unpaired) electrons. The fourth-order valence-electron chi connectivity index (χ4n) is 4.16. The van der Waals surface area contributed by atoms with Crippen LogP contribution in [-0.4, -0.2) is 36.5 Å². The lowest BCUT2D eigenvalue weighted by atomic mass is 10.1. The molecule has 36 heavy (non-hydrogen) atoms.